The monoisotopic (exact) mass is 325 g/mol. The zero-order chi connectivity index (χ0) is 17.3. The van der Waals surface area contributed by atoms with Crippen LogP contribution in [0.25, 0.3) is 6.08 Å². The first kappa shape index (κ1) is 16.0. The molecule has 2 aromatic rings. The number of nitrogens with zero attached hydrogens (tertiary/aromatic N) is 2. The predicted molar refractivity (Wildman–Crippen MR) is 92.9 cm³/mol. The standard InChI is InChI=1S/C18H19N3O3/c1-12-10-14(13(2)20(12)16-7-8-16)6-9-18(22)19-15-4-3-5-17(11-15)21(23)24/h3-6,9-11,16H,7-8H2,1-2H3,(H,19,22)/b9-6+. The van der Waals surface area contributed by atoms with Gasteiger partial charge in [-0.1, -0.05) is 6.07 Å². The smallest absolute Gasteiger partial charge is 0.271 e. The Balaban J connectivity index is 1.71. The average Bonchev–Trinajstić information content (AvgIpc) is 3.32. The van der Waals surface area contributed by atoms with Crippen LogP contribution in [0.15, 0.2) is 36.4 Å². The highest BCUT2D eigenvalue weighted by molar-refractivity contribution is 6.02. The zero-order valence-corrected chi connectivity index (χ0v) is 13.7. The van der Waals surface area contributed by atoms with Crippen LogP contribution in [-0.2, 0) is 4.79 Å². The number of hydrogen-bond acceptors (Lipinski definition) is 3. The third-order valence-corrected chi connectivity index (χ3v) is 4.17. The molecule has 1 aromatic carbocycles. The molecule has 0 unspecified atom stereocenters. The van der Waals surface area contributed by atoms with E-state index in [2.05, 4.69) is 29.8 Å². The van der Waals surface area contributed by atoms with E-state index in [4.69, 9.17) is 0 Å². The third-order valence-electron chi connectivity index (χ3n) is 4.17. The fraction of sp³-hybridized carbons (Fsp3) is 0.278. The molecule has 1 amide bonds. The van der Waals surface area contributed by atoms with Crippen molar-refractivity contribution in [1.29, 1.82) is 0 Å². The van der Waals surface area contributed by atoms with Gasteiger partial charge in [0.2, 0.25) is 5.91 Å². The van der Waals surface area contributed by atoms with Crippen LogP contribution in [0.2, 0.25) is 0 Å². The highest BCUT2D eigenvalue weighted by Gasteiger charge is 2.26. The number of rotatable bonds is 5. The van der Waals surface area contributed by atoms with E-state index < -0.39 is 4.92 Å². The van der Waals surface area contributed by atoms with E-state index in [0.29, 0.717) is 11.7 Å². The maximum atomic E-state index is 12.0. The fourth-order valence-electron chi connectivity index (χ4n) is 2.91. The lowest BCUT2D eigenvalue weighted by molar-refractivity contribution is -0.384. The number of amides is 1. The van der Waals surface area contributed by atoms with Crippen LogP contribution in [0.3, 0.4) is 0 Å². The summed E-state index contributed by atoms with van der Waals surface area (Å²) in [6, 6.07) is 8.57. The van der Waals surface area contributed by atoms with Crippen molar-refractivity contribution in [3.63, 3.8) is 0 Å². The van der Waals surface area contributed by atoms with Gasteiger partial charge in [0.15, 0.2) is 0 Å². The molecule has 0 aliphatic heterocycles. The molecule has 1 N–H and O–H groups in total. The van der Waals surface area contributed by atoms with E-state index >= 15 is 0 Å². The molecule has 1 aliphatic carbocycles. The molecule has 124 valence electrons. The number of benzene rings is 1. The second-order valence-corrected chi connectivity index (χ2v) is 6.06. The van der Waals surface area contributed by atoms with Crippen molar-refractivity contribution in [2.75, 3.05) is 5.32 Å². The van der Waals surface area contributed by atoms with Gasteiger partial charge in [-0.2, -0.15) is 0 Å². The van der Waals surface area contributed by atoms with Gasteiger partial charge in [0.25, 0.3) is 5.69 Å². The van der Waals surface area contributed by atoms with Crippen LogP contribution in [0, 0.1) is 24.0 Å². The molecule has 1 heterocycles. The van der Waals surface area contributed by atoms with E-state index in [-0.39, 0.29) is 11.6 Å². The van der Waals surface area contributed by atoms with Crippen molar-refractivity contribution in [2.45, 2.75) is 32.7 Å². The van der Waals surface area contributed by atoms with E-state index in [1.807, 2.05) is 0 Å². The number of nitro groups is 1. The van der Waals surface area contributed by atoms with Crippen molar-refractivity contribution >= 4 is 23.4 Å². The molecule has 0 radical (unpaired) electrons. The Bertz CT molecular complexity index is 832. The van der Waals surface area contributed by atoms with Crippen LogP contribution in [0.1, 0.15) is 35.8 Å². The second-order valence-electron chi connectivity index (χ2n) is 6.06. The van der Waals surface area contributed by atoms with Gasteiger partial charge in [-0.05, 0) is 50.5 Å². The summed E-state index contributed by atoms with van der Waals surface area (Å²) in [4.78, 5) is 22.3. The van der Waals surface area contributed by atoms with Crippen molar-refractivity contribution in [3.05, 3.63) is 63.5 Å². The van der Waals surface area contributed by atoms with Crippen LogP contribution in [0.4, 0.5) is 11.4 Å². The minimum atomic E-state index is -0.488. The second kappa shape index (κ2) is 6.31. The summed E-state index contributed by atoms with van der Waals surface area (Å²) in [5, 5.41) is 13.4. The maximum Gasteiger partial charge on any atom is 0.271 e. The molecule has 0 spiro atoms. The van der Waals surface area contributed by atoms with Crippen LogP contribution >= 0.6 is 0 Å². The number of anilines is 1. The molecule has 0 atom stereocenters. The summed E-state index contributed by atoms with van der Waals surface area (Å²) in [7, 11) is 0. The van der Waals surface area contributed by atoms with Gasteiger partial charge in [0.1, 0.15) is 0 Å². The van der Waals surface area contributed by atoms with Gasteiger partial charge in [-0.3, -0.25) is 14.9 Å². The maximum absolute atomic E-state index is 12.0. The lowest BCUT2D eigenvalue weighted by atomic mass is 10.2. The number of aromatic nitrogens is 1. The first-order valence-corrected chi connectivity index (χ1v) is 7.87. The van der Waals surface area contributed by atoms with Gasteiger partial charge in [0.05, 0.1) is 4.92 Å². The van der Waals surface area contributed by atoms with E-state index in [0.717, 1.165) is 11.3 Å². The van der Waals surface area contributed by atoms with Gasteiger partial charge >= 0.3 is 0 Å². The third kappa shape index (κ3) is 3.37. The van der Waals surface area contributed by atoms with E-state index in [9.17, 15) is 14.9 Å². The summed E-state index contributed by atoms with van der Waals surface area (Å²) in [6.07, 6.45) is 5.67. The molecule has 1 aliphatic rings. The highest BCUT2D eigenvalue weighted by Crippen LogP contribution is 2.38. The van der Waals surface area contributed by atoms with Crippen molar-refractivity contribution in [1.82, 2.24) is 4.57 Å². The molecule has 6 heteroatoms. The number of carbonyl (C=O) groups is 1. The molecule has 0 bridgehead atoms. The fourth-order valence-corrected chi connectivity index (χ4v) is 2.91. The van der Waals surface area contributed by atoms with Crippen LogP contribution in [0.5, 0.6) is 0 Å². The predicted octanol–water partition coefficient (Wildman–Crippen LogP) is 4.00. The zero-order valence-electron chi connectivity index (χ0n) is 13.7. The number of carbonyl (C=O) groups excluding carboxylic acids is 1. The quantitative estimate of drug-likeness (QED) is 0.513. The summed E-state index contributed by atoms with van der Waals surface area (Å²) >= 11 is 0. The van der Waals surface area contributed by atoms with Crippen molar-refractivity contribution in [2.24, 2.45) is 0 Å². The average molecular weight is 325 g/mol. The Morgan fingerprint density at radius 3 is 2.75 bits per heavy atom. The highest BCUT2D eigenvalue weighted by atomic mass is 16.6. The normalized spacial score (nSPS) is 14.1. The van der Waals surface area contributed by atoms with Crippen LogP contribution < -0.4 is 5.32 Å². The summed E-state index contributed by atoms with van der Waals surface area (Å²) in [5.74, 6) is -0.313. The van der Waals surface area contributed by atoms with Crippen molar-refractivity contribution < 1.29 is 9.72 Å². The molecule has 6 nitrogen and oxygen atoms in total. The number of nitro benzene ring substituents is 1. The summed E-state index contributed by atoms with van der Waals surface area (Å²) in [6.45, 7) is 4.13. The first-order chi connectivity index (χ1) is 11.5. The number of nitrogens with one attached hydrogen (secondary N) is 1. The molecular formula is C18H19N3O3. The minimum Gasteiger partial charge on any atom is -0.346 e. The SMILES string of the molecule is Cc1cc(/C=C/C(=O)Nc2cccc([N+](=O)[O-])c2)c(C)n1C1CC1. The van der Waals surface area contributed by atoms with Gasteiger partial charge < -0.3 is 9.88 Å². The number of hydrogen-bond donors (Lipinski definition) is 1. The molecule has 1 saturated carbocycles. The number of aryl methyl sites for hydroxylation is 1. The Labute approximate surface area is 139 Å². The first-order valence-electron chi connectivity index (χ1n) is 7.87. The summed E-state index contributed by atoms with van der Waals surface area (Å²) < 4.78 is 2.32. The minimum absolute atomic E-state index is 0.0511. The van der Waals surface area contributed by atoms with E-state index in [1.54, 1.807) is 18.2 Å². The van der Waals surface area contributed by atoms with E-state index in [1.165, 1.54) is 36.7 Å². The Hall–Kier alpha value is -2.89. The lowest BCUT2D eigenvalue weighted by Crippen LogP contribution is -2.07. The summed E-state index contributed by atoms with van der Waals surface area (Å²) in [5.41, 5.74) is 3.74. The van der Waals surface area contributed by atoms with Crippen molar-refractivity contribution in [3.8, 4) is 0 Å². The molecule has 1 fully saturated rings. The van der Waals surface area contributed by atoms with Gasteiger partial charge in [-0.15, -0.1) is 0 Å². The number of non-ortho nitro benzene ring substituents is 1. The largest absolute Gasteiger partial charge is 0.346 e. The lowest BCUT2D eigenvalue weighted by Gasteiger charge is -2.06. The Kier molecular flexibility index (Phi) is 4.20. The molecular weight excluding hydrogens is 306 g/mol. The molecule has 1 aromatic heterocycles. The molecule has 24 heavy (non-hydrogen) atoms. The van der Waals surface area contributed by atoms with Crippen LogP contribution in [-0.4, -0.2) is 15.4 Å². The Morgan fingerprint density at radius 1 is 1.33 bits per heavy atom. The molecule has 3 rings (SSSR count). The topological polar surface area (TPSA) is 77.2 Å². The Morgan fingerprint density at radius 2 is 2.08 bits per heavy atom. The molecule has 0 saturated heterocycles. The van der Waals surface area contributed by atoms with Gasteiger partial charge in [0, 0.05) is 41.3 Å². The van der Waals surface area contributed by atoms with Gasteiger partial charge in [-0.25, -0.2) is 0 Å².